The van der Waals surface area contributed by atoms with Crippen molar-refractivity contribution < 1.29 is 14.0 Å². The predicted octanol–water partition coefficient (Wildman–Crippen LogP) is 2.80. The minimum atomic E-state index is -0.509. The van der Waals surface area contributed by atoms with E-state index >= 15 is 0 Å². The van der Waals surface area contributed by atoms with Crippen LogP contribution >= 0.6 is 0 Å². The summed E-state index contributed by atoms with van der Waals surface area (Å²) in [5.41, 5.74) is 0. The number of carbonyl (C=O) groups excluding carboxylic acids is 2. The molecule has 1 fully saturated rings. The highest BCUT2D eigenvalue weighted by molar-refractivity contribution is 5.87. The van der Waals surface area contributed by atoms with Crippen LogP contribution in [0, 0.1) is 5.92 Å². The van der Waals surface area contributed by atoms with E-state index in [1.54, 1.807) is 13.2 Å². The first-order valence-corrected chi connectivity index (χ1v) is 8.66. The van der Waals surface area contributed by atoms with E-state index in [0.717, 1.165) is 18.6 Å². The quantitative estimate of drug-likeness (QED) is 0.811. The molecule has 23 heavy (non-hydrogen) atoms. The molecule has 1 heterocycles. The second kappa shape index (κ2) is 8.75. The summed E-state index contributed by atoms with van der Waals surface area (Å²) in [5, 5.41) is 5.73. The number of nitrogens with one attached hydrogen (secondary N) is 2. The lowest BCUT2D eigenvalue weighted by molar-refractivity contribution is -0.129. The molecule has 1 aliphatic carbocycles. The van der Waals surface area contributed by atoms with Gasteiger partial charge in [0, 0.05) is 18.9 Å². The van der Waals surface area contributed by atoms with Crippen molar-refractivity contribution in [3.8, 4) is 0 Å². The van der Waals surface area contributed by atoms with Gasteiger partial charge in [-0.3, -0.25) is 9.59 Å². The summed E-state index contributed by atoms with van der Waals surface area (Å²) in [6.07, 6.45) is 8.79. The van der Waals surface area contributed by atoms with Gasteiger partial charge in [0.05, 0.1) is 6.26 Å². The highest BCUT2D eigenvalue weighted by Gasteiger charge is 2.21. The van der Waals surface area contributed by atoms with Crippen molar-refractivity contribution in [3.05, 3.63) is 24.2 Å². The van der Waals surface area contributed by atoms with Gasteiger partial charge >= 0.3 is 0 Å². The largest absolute Gasteiger partial charge is 0.469 e. The van der Waals surface area contributed by atoms with E-state index in [4.69, 9.17) is 4.42 Å². The minimum absolute atomic E-state index is 0.0155. The van der Waals surface area contributed by atoms with Gasteiger partial charge in [0.25, 0.3) is 0 Å². The van der Waals surface area contributed by atoms with Crippen LogP contribution in [-0.4, -0.2) is 23.9 Å². The zero-order valence-corrected chi connectivity index (χ0v) is 14.1. The Bertz CT molecular complexity index is 492. The zero-order chi connectivity index (χ0) is 16.7. The molecule has 1 aromatic rings. The normalized spacial score (nSPS) is 18.2. The summed E-state index contributed by atoms with van der Waals surface area (Å²) in [7, 11) is 0. The first-order chi connectivity index (χ1) is 11.0. The Labute approximate surface area is 138 Å². The van der Waals surface area contributed by atoms with Gasteiger partial charge in [-0.25, -0.2) is 0 Å². The average Bonchev–Trinajstić information content (AvgIpc) is 3.00. The summed E-state index contributed by atoms with van der Waals surface area (Å²) in [6.45, 7) is 3.66. The van der Waals surface area contributed by atoms with Crippen molar-refractivity contribution in [2.45, 2.75) is 70.9 Å². The molecular weight excluding hydrogens is 292 g/mol. The van der Waals surface area contributed by atoms with Crippen LogP contribution in [-0.2, 0) is 16.0 Å². The van der Waals surface area contributed by atoms with Crippen molar-refractivity contribution in [2.24, 2.45) is 5.92 Å². The fraction of sp³-hybridized carbons (Fsp3) is 0.667. The maximum absolute atomic E-state index is 12.2. The lowest BCUT2D eigenvalue weighted by atomic mass is 9.87. The molecule has 1 saturated carbocycles. The maximum Gasteiger partial charge on any atom is 0.242 e. The molecular formula is C18H28N2O3. The summed E-state index contributed by atoms with van der Waals surface area (Å²) in [4.78, 5) is 24.2. The predicted molar refractivity (Wildman–Crippen MR) is 88.8 cm³/mol. The standard InChI is InChI=1S/C18H28N2O3/c1-13(11-16-9-6-10-23-16)19-18(22)14(2)20-17(21)12-15-7-4-3-5-8-15/h6,9-10,13-15H,3-5,7-8,11-12H2,1-2H3,(H,19,22)(H,20,21)/t13-,14-/m0/s1. The molecule has 2 rings (SSSR count). The van der Waals surface area contributed by atoms with Crippen LogP contribution in [0.25, 0.3) is 0 Å². The Hall–Kier alpha value is -1.78. The van der Waals surface area contributed by atoms with Crippen LogP contribution in [0.4, 0.5) is 0 Å². The highest BCUT2D eigenvalue weighted by atomic mass is 16.3. The number of furan rings is 1. The molecule has 1 aliphatic rings. The van der Waals surface area contributed by atoms with Crippen molar-refractivity contribution >= 4 is 11.8 Å². The summed E-state index contributed by atoms with van der Waals surface area (Å²) < 4.78 is 5.27. The molecule has 0 aromatic carbocycles. The molecule has 0 aliphatic heterocycles. The number of amides is 2. The van der Waals surface area contributed by atoms with E-state index in [9.17, 15) is 9.59 Å². The van der Waals surface area contributed by atoms with Gasteiger partial charge in [0.2, 0.25) is 11.8 Å². The lowest BCUT2D eigenvalue weighted by Crippen LogP contribution is -2.48. The number of rotatable bonds is 7. The van der Waals surface area contributed by atoms with Crippen LogP contribution in [0.15, 0.2) is 22.8 Å². The lowest BCUT2D eigenvalue weighted by Gasteiger charge is -2.22. The Morgan fingerprint density at radius 3 is 2.61 bits per heavy atom. The van der Waals surface area contributed by atoms with E-state index in [1.165, 1.54) is 19.3 Å². The fourth-order valence-corrected chi connectivity index (χ4v) is 3.17. The molecule has 0 bridgehead atoms. The Morgan fingerprint density at radius 2 is 1.96 bits per heavy atom. The molecule has 5 nitrogen and oxygen atoms in total. The highest BCUT2D eigenvalue weighted by Crippen LogP contribution is 2.26. The first kappa shape index (κ1) is 17.6. The first-order valence-electron chi connectivity index (χ1n) is 8.66. The second-order valence-corrected chi connectivity index (χ2v) is 6.69. The van der Waals surface area contributed by atoms with Crippen molar-refractivity contribution in [3.63, 3.8) is 0 Å². The van der Waals surface area contributed by atoms with Crippen LogP contribution in [0.1, 0.15) is 58.1 Å². The fourth-order valence-electron chi connectivity index (χ4n) is 3.17. The Kier molecular flexibility index (Phi) is 6.68. The molecule has 2 atom stereocenters. The van der Waals surface area contributed by atoms with Crippen molar-refractivity contribution in [1.29, 1.82) is 0 Å². The number of hydrogen-bond donors (Lipinski definition) is 2. The van der Waals surface area contributed by atoms with Gasteiger partial charge in [-0.15, -0.1) is 0 Å². The molecule has 0 spiro atoms. The van der Waals surface area contributed by atoms with Gasteiger partial charge < -0.3 is 15.1 Å². The molecule has 0 radical (unpaired) electrons. The third-order valence-corrected chi connectivity index (χ3v) is 4.45. The molecule has 2 N–H and O–H groups in total. The van der Waals surface area contributed by atoms with E-state index in [2.05, 4.69) is 10.6 Å². The topological polar surface area (TPSA) is 71.3 Å². The molecule has 5 heteroatoms. The zero-order valence-electron chi connectivity index (χ0n) is 14.1. The van der Waals surface area contributed by atoms with E-state index < -0.39 is 6.04 Å². The summed E-state index contributed by atoms with van der Waals surface area (Å²) in [6, 6.07) is 3.17. The van der Waals surface area contributed by atoms with E-state index in [-0.39, 0.29) is 17.9 Å². The van der Waals surface area contributed by atoms with Gasteiger partial charge in [-0.05, 0) is 44.7 Å². The van der Waals surface area contributed by atoms with Gasteiger partial charge in [-0.2, -0.15) is 0 Å². The molecule has 0 saturated heterocycles. The van der Waals surface area contributed by atoms with Gasteiger partial charge in [-0.1, -0.05) is 19.3 Å². The van der Waals surface area contributed by atoms with Crippen LogP contribution < -0.4 is 10.6 Å². The Morgan fingerprint density at radius 1 is 1.22 bits per heavy atom. The number of hydrogen-bond acceptors (Lipinski definition) is 3. The van der Waals surface area contributed by atoms with Gasteiger partial charge in [0.15, 0.2) is 0 Å². The van der Waals surface area contributed by atoms with Crippen molar-refractivity contribution in [1.82, 2.24) is 10.6 Å². The second-order valence-electron chi connectivity index (χ2n) is 6.69. The molecule has 0 unspecified atom stereocenters. The van der Waals surface area contributed by atoms with E-state index in [0.29, 0.717) is 18.8 Å². The monoisotopic (exact) mass is 320 g/mol. The summed E-state index contributed by atoms with van der Waals surface area (Å²) in [5.74, 6) is 1.16. The smallest absolute Gasteiger partial charge is 0.242 e. The van der Waals surface area contributed by atoms with Gasteiger partial charge in [0.1, 0.15) is 11.8 Å². The summed E-state index contributed by atoms with van der Waals surface area (Å²) >= 11 is 0. The third kappa shape index (κ3) is 6.08. The minimum Gasteiger partial charge on any atom is -0.469 e. The van der Waals surface area contributed by atoms with Crippen LogP contribution in [0.5, 0.6) is 0 Å². The van der Waals surface area contributed by atoms with Crippen LogP contribution in [0.3, 0.4) is 0 Å². The number of carbonyl (C=O) groups is 2. The van der Waals surface area contributed by atoms with Crippen molar-refractivity contribution in [2.75, 3.05) is 0 Å². The van der Waals surface area contributed by atoms with Crippen LogP contribution in [0.2, 0.25) is 0 Å². The third-order valence-electron chi connectivity index (χ3n) is 4.45. The molecule has 128 valence electrons. The van der Waals surface area contributed by atoms with E-state index in [1.807, 2.05) is 19.1 Å². The average molecular weight is 320 g/mol. The molecule has 1 aromatic heterocycles. The maximum atomic E-state index is 12.2. The SMILES string of the molecule is C[C@H](NC(=O)CC1CCCCC1)C(=O)N[C@@H](C)Cc1ccco1. The Balaban J connectivity index is 1.69. The molecule has 2 amide bonds.